The molecule has 0 saturated carbocycles. The van der Waals surface area contributed by atoms with Crippen LogP contribution in [0, 0.1) is 0 Å². The third kappa shape index (κ3) is 30.4. The van der Waals surface area contributed by atoms with E-state index in [0.717, 1.165) is 89.9 Å². The number of unbranched alkanes of at least 4 members (excludes halogenated alkanes) is 12. The monoisotopic (exact) mass is 558 g/mol. The second-order valence-corrected chi connectivity index (χ2v) is 11.0. The van der Waals surface area contributed by atoms with Crippen LogP contribution in [0.2, 0.25) is 0 Å². The largest absolute Gasteiger partial charge is 0.481 e. The van der Waals surface area contributed by atoms with Crippen molar-refractivity contribution in [1.82, 2.24) is 0 Å². The number of esters is 1. The molecule has 0 heterocycles. The highest BCUT2D eigenvalue weighted by atomic mass is 16.5. The van der Waals surface area contributed by atoms with Gasteiger partial charge in [-0.1, -0.05) is 120 Å². The first-order valence-corrected chi connectivity index (χ1v) is 16.6. The molecule has 0 aromatic rings. The molecule has 230 valence electrons. The maximum atomic E-state index is 12.4. The summed E-state index contributed by atoms with van der Waals surface area (Å²) in [6.45, 7) is 4.37. The molecule has 1 N–H and O–H groups in total. The van der Waals surface area contributed by atoms with Gasteiger partial charge in [-0.2, -0.15) is 0 Å². The zero-order chi connectivity index (χ0) is 29.4. The third-order valence-electron chi connectivity index (χ3n) is 7.07. The first kappa shape index (κ1) is 37.9. The van der Waals surface area contributed by atoms with Crippen molar-refractivity contribution in [3.05, 3.63) is 48.6 Å². The van der Waals surface area contributed by atoms with Crippen molar-refractivity contribution in [2.45, 2.75) is 168 Å². The number of carboxylic acid groups (broad SMARTS) is 1. The average molecular weight is 559 g/mol. The summed E-state index contributed by atoms with van der Waals surface area (Å²) in [6.07, 6.45) is 41.4. The van der Waals surface area contributed by atoms with Gasteiger partial charge in [-0.15, -0.1) is 0 Å². The van der Waals surface area contributed by atoms with Crippen molar-refractivity contribution >= 4 is 11.9 Å². The number of carbonyl (C=O) groups is 2. The highest BCUT2D eigenvalue weighted by molar-refractivity contribution is 5.69. The van der Waals surface area contributed by atoms with E-state index in [1.54, 1.807) is 0 Å². The van der Waals surface area contributed by atoms with E-state index in [9.17, 15) is 9.59 Å². The van der Waals surface area contributed by atoms with Crippen LogP contribution in [0.1, 0.15) is 162 Å². The van der Waals surface area contributed by atoms with Crippen LogP contribution in [0.3, 0.4) is 0 Å². The van der Waals surface area contributed by atoms with Crippen LogP contribution in [0.15, 0.2) is 48.6 Å². The highest BCUT2D eigenvalue weighted by Gasteiger charge is 2.14. The Kier molecular flexibility index (Phi) is 29.8. The predicted molar refractivity (Wildman–Crippen MR) is 172 cm³/mol. The molecule has 0 aliphatic rings. The normalized spacial score (nSPS) is 12.8. The molecule has 4 heteroatoms. The summed E-state index contributed by atoms with van der Waals surface area (Å²) in [5, 5.41) is 8.67. The molecular formula is C36H62O4. The van der Waals surface area contributed by atoms with Crippen LogP contribution < -0.4 is 0 Å². The molecule has 0 saturated heterocycles. The molecular weight excluding hydrogens is 496 g/mol. The second kappa shape index (κ2) is 31.4. The zero-order valence-electron chi connectivity index (χ0n) is 26.1. The minimum Gasteiger partial charge on any atom is -0.481 e. The van der Waals surface area contributed by atoms with Crippen LogP contribution in [0.5, 0.6) is 0 Å². The minimum absolute atomic E-state index is 0.0189. The summed E-state index contributed by atoms with van der Waals surface area (Å²) in [6, 6.07) is 0. The molecule has 1 atom stereocenters. The van der Waals surface area contributed by atoms with Gasteiger partial charge in [0.05, 0.1) is 0 Å². The molecule has 0 rings (SSSR count). The molecule has 0 spiro atoms. The lowest BCUT2D eigenvalue weighted by Crippen LogP contribution is -2.18. The van der Waals surface area contributed by atoms with Crippen molar-refractivity contribution in [3.8, 4) is 0 Å². The van der Waals surface area contributed by atoms with E-state index in [4.69, 9.17) is 9.84 Å². The fraction of sp³-hybridized carbons (Fsp3) is 0.722. The van der Waals surface area contributed by atoms with Gasteiger partial charge in [-0.25, -0.2) is 0 Å². The summed E-state index contributed by atoms with van der Waals surface area (Å²) in [4.78, 5) is 23.0. The molecule has 0 aliphatic carbocycles. The number of rotatable bonds is 29. The number of hydrogen-bond donors (Lipinski definition) is 1. The lowest BCUT2D eigenvalue weighted by molar-refractivity contribution is -0.150. The van der Waals surface area contributed by atoms with Crippen LogP contribution in [0.25, 0.3) is 0 Å². The van der Waals surface area contributed by atoms with Gasteiger partial charge in [0.1, 0.15) is 6.10 Å². The smallest absolute Gasteiger partial charge is 0.306 e. The van der Waals surface area contributed by atoms with Gasteiger partial charge in [0.15, 0.2) is 0 Å². The topological polar surface area (TPSA) is 63.6 Å². The van der Waals surface area contributed by atoms with E-state index in [1.807, 2.05) is 0 Å². The Hall–Kier alpha value is -2.10. The Morgan fingerprint density at radius 1 is 0.575 bits per heavy atom. The molecule has 0 aromatic heterocycles. The maximum Gasteiger partial charge on any atom is 0.306 e. The van der Waals surface area contributed by atoms with Gasteiger partial charge in [-0.3, -0.25) is 9.59 Å². The zero-order valence-corrected chi connectivity index (χ0v) is 26.1. The predicted octanol–water partition coefficient (Wildman–Crippen LogP) is 11.2. The first-order chi connectivity index (χ1) is 19.6. The van der Waals surface area contributed by atoms with Crippen molar-refractivity contribution in [1.29, 1.82) is 0 Å². The number of allylic oxidation sites excluding steroid dienone is 8. The van der Waals surface area contributed by atoms with Gasteiger partial charge in [0, 0.05) is 12.8 Å². The number of carbonyl (C=O) groups excluding carboxylic acids is 1. The molecule has 1 unspecified atom stereocenters. The summed E-state index contributed by atoms with van der Waals surface area (Å²) >= 11 is 0. The number of carboxylic acids is 1. The summed E-state index contributed by atoms with van der Waals surface area (Å²) in [5.74, 6) is -0.703. The Labute approximate surface area is 247 Å². The van der Waals surface area contributed by atoms with Gasteiger partial charge >= 0.3 is 11.9 Å². The highest BCUT2D eigenvalue weighted by Crippen LogP contribution is 2.17. The van der Waals surface area contributed by atoms with E-state index in [1.165, 1.54) is 44.9 Å². The molecule has 0 amide bonds. The second-order valence-electron chi connectivity index (χ2n) is 11.0. The number of aliphatic carboxylic acids is 1. The number of ether oxygens (including phenoxy) is 1. The van der Waals surface area contributed by atoms with Crippen LogP contribution >= 0.6 is 0 Å². The Bertz CT molecular complexity index is 689. The van der Waals surface area contributed by atoms with Crippen LogP contribution in [-0.4, -0.2) is 23.1 Å². The lowest BCUT2D eigenvalue weighted by Gasteiger charge is -2.18. The third-order valence-corrected chi connectivity index (χ3v) is 7.07. The van der Waals surface area contributed by atoms with Gasteiger partial charge in [0.2, 0.25) is 0 Å². The summed E-state index contributed by atoms with van der Waals surface area (Å²) in [7, 11) is 0. The van der Waals surface area contributed by atoms with E-state index in [0.29, 0.717) is 12.8 Å². The van der Waals surface area contributed by atoms with E-state index >= 15 is 0 Å². The SMILES string of the molecule is CC/C=C\C/C=C\C/C=C\C/C=C\CCCCC(=O)OC(CCCCC)CCCCCCCCCCCC(=O)O. The quantitative estimate of drug-likeness (QED) is 0.0563. The van der Waals surface area contributed by atoms with E-state index < -0.39 is 5.97 Å². The minimum atomic E-state index is -0.684. The van der Waals surface area contributed by atoms with Crippen molar-refractivity contribution in [3.63, 3.8) is 0 Å². The van der Waals surface area contributed by atoms with Crippen molar-refractivity contribution in [2.75, 3.05) is 0 Å². The van der Waals surface area contributed by atoms with Crippen LogP contribution in [0.4, 0.5) is 0 Å². The lowest BCUT2D eigenvalue weighted by atomic mass is 10.0. The van der Waals surface area contributed by atoms with Gasteiger partial charge in [-0.05, 0) is 77.0 Å². The average Bonchev–Trinajstić information content (AvgIpc) is 2.93. The maximum absolute atomic E-state index is 12.4. The van der Waals surface area contributed by atoms with Crippen molar-refractivity contribution < 1.29 is 19.4 Å². The molecule has 0 bridgehead atoms. The Morgan fingerprint density at radius 2 is 1.05 bits per heavy atom. The standard InChI is InChI=1S/C36H62O4/c1-3-5-7-8-9-10-11-12-13-14-15-19-22-25-29-33-36(39)40-34(30-26-6-4-2)31-27-23-20-17-16-18-21-24-28-32-35(37)38/h5,7,9-10,12-13,15,19,34H,3-4,6,8,11,14,16-18,20-33H2,1-2H3,(H,37,38)/b7-5-,10-9-,13-12-,19-15-. The van der Waals surface area contributed by atoms with Crippen molar-refractivity contribution in [2.24, 2.45) is 0 Å². The number of hydrogen-bond acceptors (Lipinski definition) is 3. The molecule has 4 nitrogen and oxygen atoms in total. The first-order valence-electron chi connectivity index (χ1n) is 16.6. The summed E-state index contributed by atoms with van der Waals surface area (Å²) in [5.41, 5.74) is 0. The Morgan fingerprint density at radius 3 is 1.60 bits per heavy atom. The fourth-order valence-corrected chi connectivity index (χ4v) is 4.64. The fourth-order valence-electron chi connectivity index (χ4n) is 4.64. The Balaban J connectivity index is 3.89. The van der Waals surface area contributed by atoms with Crippen LogP contribution in [-0.2, 0) is 14.3 Å². The molecule has 0 aromatic carbocycles. The van der Waals surface area contributed by atoms with Gasteiger partial charge < -0.3 is 9.84 Å². The van der Waals surface area contributed by atoms with E-state index in [2.05, 4.69) is 62.5 Å². The molecule has 0 radical (unpaired) electrons. The molecule has 40 heavy (non-hydrogen) atoms. The summed E-state index contributed by atoms with van der Waals surface area (Å²) < 4.78 is 5.90. The van der Waals surface area contributed by atoms with Gasteiger partial charge in [0.25, 0.3) is 0 Å². The van der Waals surface area contributed by atoms with E-state index in [-0.39, 0.29) is 12.1 Å². The molecule has 0 fully saturated rings. The molecule has 0 aliphatic heterocycles.